The van der Waals surface area contributed by atoms with Gasteiger partial charge in [0.1, 0.15) is 24.1 Å². The van der Waals surface area contributed by atoms with Crippen molar-refractivity contribution in [3.63, 3.8) is 0 Å². The molecule has 0 aromatic heterocycles. The van der Waals surface area contributed by atoms with Gasteiger partial charge in [0.2, 0.25) is 0 Å². The summed E-state index contributed by atoms with van der Waals surface area (Å²) in [6, 6.07) is 6.01. The van der Waals surface area contributed by atoms with Gasteiger partial charge >= 0.3 is 12.0 Å². The zero-order valence-electron chi connectivity index (χ0n) is 11.5. The normalized spacial score (nSPS) is 9.33. The van der Waals surface area contributed by atoms with Crippen molar-refractivity contribution in [3.8, 4) is 11.8 Å². The van der Waals surface area contributed by atoms with Gasteiger partial charge in [0, 0.05) is 6.54 Å². The molecule has 0 saturated heterocycles. The van der Waals surface area contributed by atoms with E-state index in [1.165, 1.54) is 19.3 Å². The Kier molecular flexibility index (Phi) is 5.77. The molecule has 0 aliphatic rings. The first kappa shape index (κ1) is 16.0. The van der Waals surface area contributed by atoms with Crippen LogP contribution in [0.25, 0.3) is 0 Å². The molecule has 7 heteroatoms. The molecule has 0 fully saturated rings. The molecule has 0 bridgehead atoms. The van der Waals surface area contributed by atoms with E-state index in [-0.39, 0.29) is 17.8 Å². The maximum absolute atomic E-state index is 12.1. The molecule has 0 heterocycles. The third kappa shape index (κ3) is 4.24. The first-order valence-corrected chi connectivity index (χ1v) is 5.99. The number of carbonyl (C=O) groups is 2. The van der Waals surface area contributed by atoms with Crippen molar-refractivity contribution in [2.75, 3.05) is 25.5 Å². The SMILES string of the molecule is C=CCN(CC(=O)O)C(=O)Nc1c(C#N)cccc1OC. The van der Waals surface area contributed by atoms with Crippen LogP contribution in [0.2, 0.25) is 0 Å². The topological polar surface area (TPSA) is 103 Å². The number of nitriles is 1. The number of carbonyl (C=O) groups excluding carboxylic acids is 1. The molecule has 2 amide bonds. The number of hydrogen-bond acceptors (Lipinski definition) is 4. The minimum atomic E-state index is -1.15. The number of amides is 2. The zero-order valence-corrected chi connectivity index (χ0v) is 11.5. The maximum atomic E-state index is 12.1. The van der Waals surface area contributed by atoms with Gasteiger partial charge in [0.05, 0.1) is 12.7 Å². The number of anilines is 1. The zero-order chi connectivity index (χ0) is 15.8. The Balaban J connectivity index is 3.03. The summed E-state index contributed by atoms with van der Waals surface area (Å²) in [5.74, 6) is -0.830. The molecule has 0 aliphatic heterocycles. The average Bonchev–Trinajstić information content (AvgIpc) is 2.46. The van der Waals surface area contributed by atoms with E-state index in [9.17, 15) is 9.59 Å². The number of nitrogens with zero attached hydrogens (tertiary/aromatic N) is 2. The minimum Gasteiger partial charge on any atom is -0.495 e. The molecule has 0 unspecified atom stereocenters. The van der Waals surface area contributed by atoms with Crippen molar-refractivity contribution in [2.45, 2.75) is 0 Å². The number of para-hydroxylation sites is 1. The second-order valence-electron chi connectivity index (χ2n) is 3.99. The van der Waals surface area contributed by atoms with E-state index in [0.29, 0.717) is 5.75 Å². The first-order chi connectivity index (χ1) is 10.0. The molecule has 1 aromatic carbocycles. The van der Waals surface area contributed by atoms with E-state index in [2.05, 4.69) is 11.9 Å². The van der Waals surface area contributed by atoms with E-state index < -0.39 is 18.5 Å². The standard InChI is InChI=1S/C14H15N3O4/c1-3-7-17(9-12(18)19)14(20)16-13-10(8-15)5-4-6-11(13)21-2/h3-6H,1,7,9H2,2H3,(H,16,20)(H,18,19). The number of ether oxygens (including phenoxy) is 1. The Bertz CT molecular complexity index is 592. The second-order valence-corrected chi connectivity index (χ2v) is 3.99. The Hall–Kier alpha value is -3.01. The number of rotatable bonds is 6. The predicted molar refractivity (Wildman–Crippen MR) is 76.1 cm³/mol. The number of urea groups is 1. The Morgan fingerprint density at radius 1 is 1.57 bits per heavy atom. The van der Waals surface area contributed by atoms with Crippen molar-refractivity contribution in [1.29, 1.82) is 5.26 Å². The van der Waals surface area contributed by atoms with Gasteiger partial charge in [-0.05, 0) is 12.1 Å². The van der Waals surface area contributed by atoms with Gasteiger partial charge in [-0.3, -0.25) is 4.79 Å². The van der Waals surface area contributed by atoms with Crippen molar-refractivity contribution in [3.05, 3.63) is 36.4 Å². The van der Waals surface area contributed by atoms with Gasteiger partial charge in [0.25, 0.3) is 0 Å². The summed E-state index contributed by atoms with van der Waals surface area (Å²) in [5.41, 5.74) is 0.420. The predicted octanol–water partition coefficient (Wildman–Crippen LogP) is 1.67. The third-order valence-corrected chi connectivity index (χ3v) is 2.56. The highest BCUT2D eigenvalue weighted by molar-refractivity contribution is 5.94. The number of carboxylic acid groups (broad SMARTS) is 1. The van der Waals surface area contributed by atoms with Crippen LogP contribution in [0.3, 0.4) is 0 Å². The average molecular weight is 289 g/mol. The van der Waals surface area contributed by atoms with E-state index in [4.69, 9.17) is 15.1 Å². The summed E-state index contributed by atoms with van der Waals surface area (Å²) >= 11 is 0. The van der Waals surface area contributed by atoms with Crippen LogP contribution in [-0.2, 0) is 4.79 Å². The molecular weight excluding hydrogens is 274 g/mol. The first-order valence-electron chi connectivity index (χ1n) is 5.99. The molecule has 0 saturated carbocycles. The fourth-order valence-electron chi connectivity index (χ4n) is 1.65. The lowest BCUT2D eigenvalue weighted by molar-refractivity contribution is -0.137. The number of benzene rings is 1. The quantitative estimate of drug-likeness (QED) is 0.775. The largest absolute Gasteiger partial charge is 0.495 e. The Morgan fingerprint density at radius 2 is 2.29 bits per heavy atom. The van der Waals surface area contributed by atoms with Crippen molar-refractivity contribution >= 4 is 17.7 Å². The summed E-state index contributed by atoms with van der Waals surface area (Å²) in [6.07, 6.45) is 1.41. The number of carboxylic acids is 1. The lowest BCUT2D eigenvalue weighted by Gasteiger charge is -2.20. The summed E-state index contributed by atoms with van der Waals surface area (Å²) < 4.78 is 5.09. The molecule has 1 rings (SSSR count). The van der Waals surface area contributed by atoms with Gasteiger partial charge < -0.3 is 20.1 Å². The monoisotopic (exact) mass is 289 g/mol. The number of nitrogens with one attached hydrogen (secondary N) is 1. The van der Waals surface area contributed by atoms with Crippen LogP contribution in [0.1, 0.15) is 5.56 Å². The highest BCUT2D eigenvalue weighted by Gasteiger charge is 2.18. The van der Waals surface area contributed by atoms with E-state index >= 15 is 0 Å². The van der Waals surface area contributed by atoms with Gasteiger partial charge in [0.15, 0.2) is 0 Å². The van der Waals surface area contributed by atoms with Crippen LogP contribution in [-0.4, -0.2) is 42.2 Å². The summed E-state index contributed by atoms with van der Waals surface area (Å²) in [5, 5.41) is 20.4. The lowest BCUT2D eigenvalue weighted by atomic mass is 10.2. The van der Waals surface area contributed by atoms with Gasteiger partial charge in [-0.1, -0.05) is 12.1 Å². The Labute approximate surface area is 122 Å². The number of methoxy groups -OCH3 is 1. The van der Waals surface area contributed by atoms with Crippen LogP contribution in [0.15, 0.2) is 30.9 Å². The van der Waals surface area contributed by atoms with E-state index in [0.717, 1.165) is 4.90 Å². The molecule has 0 radical (unpaired) electrons. The van der Waals surface area contributed by atoms with Gasteiger partial charge in [-0.15, -0.1) is 6.58 Å². The van der Waals surface area contributed by atoms with Crippen molar-refractivity contribution in [2.24, 2.45) is 0 Å². The molecule has 2 N–H and O–H groups in total. The lowest BCUT2D eigenvalue weighted by Crippen LogP contribution is -2.39. The van der Waals surface area contributed by atoms with Gasteiger partial charge in [-0.25, -0.2) is 4.79 Å². The summed E-state index contributed by atoms with van der Waals surface area (Å²) in [7, 11) is 1.41. The number of hydrogen-bond donors (Lipinski definition) is 2. The molecule has 1 aromatic rings. The van der Waals surface area contributed by atoms with Crippen LogP contribution < -0.4 is 10.1 Å². The number of aliphatic carboxylic acids is 1. The van der Waals surface area contributed by atoms with Crippen molar-refractivity contribution < 1.29 is 19.4 Å². The molecule has 21 heavy (non-hydrogen) atoms. The van der Waals surface area contributed by atoms with E-state index in [1.54, 1.807) is 12.1 Å². The smallest absolute Gasteiger partial charge is 0.323 e. The molecule has 0 atom stereocenters. The fourth-order valence-corrected chi connectivity index (χ4v) is 1.65. The molecular formula is C14H15N3O4. The minimum absolute atomic E-state index is 0.0647. The third-order valence-electron chi connectivity index (χ3n) is 2.56. The van der Waals surface area contributed by atoms with E-state index in [1.807, 2.05) is 6.07 Å². The van der Waals surface area contributed by atoms with Crippen LogP contribution in [0, 0.1) is 11.3 Å². The summed E-state index contributed by atoms with van der Waals surface area (Å²) in [6.45, 7) is 3.06. The molecule has 110 valence electrons. The van der Waals surface area contributed by atoms with Gasteiger partial charge in [-0.2, -0.15) is 5.26 Å². The second kappa shape index (κ2) is 7.55. The molecule has 7 nitrogen and oxygen atoms in total. The molecule has 0 aliphatic carbocycles. The highest BCUT2D eigenvalue weighted by atomic mass is 16.5. The highest BCUT2D eigenvalue weighted by Crippen LogP contribution is 2.28. The van der Waals surface area contributed by atoms with Crippen LogP contribution >= 0.6 is 0 Å². The maximum Gasteiger partial charge on any atom is 0.323 e. The van der Waals surface area contributed by atoms with Crippen LogP contribution in [0.5, 0.6) is 5.75 Å². The van der Waals surface area contributed by atoms with Crippen molar-refractivity contribution in [1.82, 2.24) is 4.90 Å². The summed E-state index contributed by atoms with van der Waals surface area (Å²) in [4.78, 5) is 23.9. The van der Waals surface area contributed by atoms with Crippen LogP contribution in [0.4, 0.5) is 10.5 Å². The molecule has 0 spiro atoms. The fraction of sp³-hybridized carbons (Fsp3) is 0.214. The Morgan fingerprint density at radius 3 is 2.81 bits per heavy atom.